The van der Waals surface area contributed by atoms with Gasteiger partial charge in [-0.2, -0.15) is 4.31 Å². The second-order valence-electron chi connectivity index (χ2n) is 7.09. The summed E-state index contributed by atoms with van der Waals surface area (Å²) in [6.45, 7) is 4.51. The molecule has 1 fully saturated rings. The molecule has 0 saturated carbocycles. The first-order valence-electron chi connectivity index (χ1n) is 9.50. The molecule has 3 heterocycles. The largest absolute Gasteiger partial charge is 0.419 e. The Bertz CT molecular complexity index is 1160. The first kappa shape index (κ1) is 18.9. The summed E-state index contributed by atoms with van der Waals surface area (Å²) < 4.78 is 40.6. The number of aryl methyl sites for hydroxylation is 2. The Hall–Kier alpha value is -2.39. The number of aromatic nitrogens is 2. The van der Waals surface area contributed by atoms with Crippen LogP contribution in [0.4, 0.5) is 0 Å². The van der Waals surface area contributed by atoms with Crippen molar-refractivity contribution in [3.63, 3.8) is 0 Å². The van der Waals surface area contributed by atoms with Crippen LogP contribution in [0.5, 0.6) is 0 Å². The maximum absolute atomic E-state index is 13.5. The monoisotopic (exact) mass is 405 g/mol. The van der Waals surface area contributed by atoms with Crippen molar-refractivity contribution in [1.82, 2.24) is 14.0 Å². The minimum atomic E-state index is -3.80. The maximum Gasteiger partial charge on any atom is 0.419 e. The van der Waals surface area contributed by atoms with E-state index in [0.29, 0.717) is 30.8 Å². The van der Waals surface area contributed by atoms with E-state index < -0.39 is 21.8 Å². The number of hydrogen-bond acceptors (Lipinski definition) is 6. The predicted octanol–water partition coefficient (Wildman–Crippen LogP) is 3.22. The van der Waals surface area contributed by atoms with Crippen molar-refractivity contribution in [3.8, 4) is 0 Å². The summed E-state index contributed by atoms with van der Waals surface area (Å²) in [5, 5.41) is 3.93. The Morgan fingerprint density at radius 3 is 2.75 bits per heavy atom. The fourth-order valence-corrected chi connectivity index (χ4v) is 5.52. The SMILES string of the molecule is CCn1c(=O)oc2cc(S(=O)(=O)N3CCCCC[C@H]3c3cc(C)no3)ccc21. The van der Waals surface area contributed by atoms with Gasteiger partial charge in [0.25, 0.3) is 0 Å². The molecule has 1 atom stereocenters. The van der Waals surface area contributed by atoms with Crippen molar-refractivity contribution in [3.05, 3.63) is 46.3 Å². The summed E-state index contributed by atoms with van der Waals surface area (Å²) in [4.78, 5) is 12.0. The minimum Gasteiger partial charge on any atom is -0.408 e. The highest BCUT2D eigenvalue weighted by molar-refractivity contribution is 7.89. The average Bonchev–Trinajstić information content (AvgIpc) is 3.12. The lowest BCUT2D eigenvalue weighted by Crippen LogP contribution is -2.34. The second kappa shape index (κ2) is 7.21. The Kier molecular flexibility index (Phi) is 4.88. The van der Waals surface area contributed by atoms with Gasteiger partial charge in [-0.3, -0.25) is 4.57 Å². The third-order valence-corrected chi connectivity index (χ3v) is 7.15. The van der Waals surface area contributed by atoms with Gasteiger partial charge in [-0.15, -0.1) is 0 Å². The molecule has 2 aromatic heterocycles. The number of sulfonamides is 1. The molecular formula is C19H23N3O5S. The quantitative estimate of drug-likeness (QED) is 0.661. The van der Waals surface area contributed by atoms with Crippen LogP contribution in [0.2, 0.25) is 0 Å². The molecule has 0 radical (unpaired) electrons. The fourth-order valence-electron chi connectivity index (χ4n) is 3.84. The molecule has 1 saturated heterocycles. The van der Waals surface area contributed by atoms with Crippen LogP contribution in [0.25, 0.3) is 11.1 Å². The summed E-state index contributed by atoms with van der Waals surface area (Å²) >= 11 is 0. The van der Waals surface area contributed by atoms with Gasteiger partial charge in [-0.1, -0.05) is 18.0 Å². The van der Waals surface area contributed by atoms with E-state index in [0.717, 1.165) is 25.0 Å². The first-order valence-corrected chi connectivity index (χ1v) is 10.9. The number of rotatable bonds is 4. The van der Waals surface area contributed by atoms with E-state index >= 15 is 0 Å². The summed E-state index contributed by atoms with van der Waals surface area (Å²) in [5.41, 5.74) is 1.58. The molecule has 0 spiro atoms. The van der Waals surface area contributed by atoms with Crippen molar-refractivity contribution in [2.45, 2.75) is 57.0 Å². The highest BCUT2D eigenvalue weighted by atomic mass is 32.2. The van der Waals surface area contributed by atoms with Gasteiger partial charge in [0, 0.05) is 25.2 Å². The Morgan fingerprint density at radius 2 is 2.04 bits per heavy atom. The van der Waals surface area contributed by atoms with Gasteiger partial charge in [0.05, 0.1) is 22.1 Å². The molecule has 8 nitrogen and oxygen atoms in total. The normalized spacial score (nSPS) is 19.1. The number of nitrogens with zero attached hydrogens (tertiary/aromatic N) is 3. The Morgan fingerprint density at radius 1 is 1.21 bits per heavy atom. The van der Waals surface area contributed by atoms with E-state index in [9.17, 15) is 13.2 Å². The van der Waals surface area contributed by atoms with E-state index in [-0.39, 0.29) is 10.5 Å². The first-order chi connectivity index (χ1) is 13.4. The third-order valence-electron chi connectivity index (χ3n) is 5.24. The molecule has 1 aromatic carbocycles. The molecule has 0 aliphatic carbocycles. The molecule has 9 heteroatoms. The number of oxazole rings is 1. The summed E-state index contributed by atoms with van der Waals surface area (Å²) in [6, 6.07) is 6.00. The van der Waals surface area contributed by atoms with E-state index in [1.165, 1.54) is 21.0 Å². The minimum absolute atomic E-state index is 0.111. The lowest BCUT2D eigenvalue weighted by molar-refractivity contribution is 0.258. The van der Waals surface area contributed by atoms with Gasteiger partial charge in [0.1, 0.15) is 0 Å². The summed E-state index contributed by atoms with van der Waals surface area (Å²) in [5.74, 6) is 0.0737. The van der Waals surface area contributed by atoms with Crippen molar-refractivity contribution in [1.29, 1.82) is 0 Å². The van der Waals surface area contributed by atoms with Gasteiger partial charge in [0.2, 0.25) is 10.0 Å². The van der Waals surface area contributed by atoms with Crippen molar-refractivity contribution in [2.24, 2.45) is 0 Å². The van der Waals surface area contributed by atoms with E-state index in [2.05, 4.69) is 5.16 Å². The van der Waals surface area contributed by atoms with Gasteiger partial charge in [-0.25, -0.2) is 13.2 Å². The van der Waals surface area contributed by atoms with Crippen molar-refractivity contribution in [2.75, 3.05) is 6.54 Å². The number of hydrogen-bond donors (Lipinski definition) is 0. The van der Waals surface area contributed by atoms with Gasteiger partial charge in [0.15, 0.2) is 11.3 Å². The number of benzene rings is 1. The Balaban J connectivity index is 1.78. The highest BCUT2D eigenvalue weighted by Gasteiger charge is 2.35. The molecule has 1 aliphatic heterocycles. The molecular weight excluding hydrogens is 382 g/mol. The fraction of sp³-hybridized carbons (Fsp3) is 0.474. The molecule has 1 aliphatic rings. The van der Waals surface area contributed by atoms with Crippen LogP contribution >= 0.6 is 0 Å². The summed E-state index contributed by atoms with van der Waals surface area (Å²) in [7, 11) is -3.80. The topological polar surface area (TPSA) is 98.5 Å². The van der Waals surface area contributed by atoms with Crippen LogP contribution in [0, 0.1) is 6.92 Å². The molecule has 0 amide bonds. The standard InChI is InChI=1S/C19H23N3O5S/c1-3-21-15-9-8-14(12-17(15)26-19(21)23)28(24,25)22-10-6-4-5-7-16(22)18-11-13(2)20-27-18/h8-9,11-12,16H,3-7,10H2,1-2H3/t16-/m0/s1. The molecule has 3 aromatic rings. The van der Waals surface area contributed by atoms with Crippen LogP contribution in [0.1, 0.15) is 50.1 Å². The smallest absolute Gasteiger partial charge is 0.408 e. The van der Waals surface area contributed by atoms with Gasteiger partial charge < -0.3 is 8.94 Å². The van der Waals surface area contributed by atoms with Crippen LogP contribution in [0.3, 0.4) is 0 Å². The van der Waals surface area contributed by atoms with Crippen LogP contribution in [0.15, 0.2) is 42.9 Å². The Labute approximate surface area is 162 Å². The van der Waals surface area contributed by atoms with E-state index in [1.54, 1.807) is 12.1 Å². The maximum atomic E-state index is 13.5. The summed E-state index contributed by atoms with van der Waals surface area (Å²) in [6.07, 6.45) is 3.34. The molecule has 0 N–H and O–H groups in total. The molecule has 0 unspecified atom stereocenters. The predicted molar refractivity (Wildman–Crippen MR) is 102 cm³/mol. The molecule has 4 rings (SSSR count). The zero-order valence-corrected chi connectivity index (χ0v) is 16.7. The lowest BCUT2D eigenvalue weighted by Gasteiger charge is -2.27. The lowest BCUT2D eigenvalue weighted by atomic mass is 10.1. The third kappa shape index (κ3) is 3.18. The van der Waals surface area contributed by atoms with Crippen LogP contribution in [-0.4, -0.2) is 29.0 Å². The van der Waals surface area contributed by atoms with Gasteiger partial charge >= 0.3 is 5.76 Å². The molecule has 150 valence electrons. The van der Waals surface area contributed by atoms with Crippen LogP contribution < -0.4 is 5.76 Å². The molecule has 28 heavy (non-hydrogen) atoms. The zero-order valence-electron chi connectivity index (χ0n) is 15.9. The molecule has 0 bridgehead atoms. The van der Waals surface area contributed by atoms with E-state index in [4.69, 9.17) is 8.94 Å². The van der Waals surface area contributed by atoms with Crippen molar-refractivity contribution >= 4 is 21.1 Å². The highest BCUT2D eigenvalue weighted by Crippen LogP contribution is 2.35. The average molecular weight is 405 g/mol. The second-order valence-corrected chi connectivity index (χ2v) is 8.98. The zero-order chi connectivity index (χ0) is 19.9. The van der Waals surface area contributed by atoms with Crippen molar-refractivity contribution < 1.29 is 17.4 Å². The van der Waals surface area contributed by atoms with Gasteiger partial charge in [-0.05, 0) is 38.8 Å². The number of fused-ring (bicyclic) bond motifs is 1. The van der Waals surface area contributed by atoms with Crippen LogP contribution in [-0.2, 0) is 16.6 Å². The van der Waals surface area contributed by atoms with E-state index in [1.807, 2.05) is 13.8 Å².